The second-order valence-electron chi connectivity index (χ2n) is 7.79. The molecule has 6 heteroatoms. The van der Waals surface area contributed by atoms with Crippen LogP contribution in [0, 0.1) is 0 Å². The molecule has 1 fully saturated rings. The first-order chi connectivity index (χ1) is 12.6. The Bertz CT molecular complexity index is 641. The molecular weight excluding hydrogens is 451 g/mol. The van der Waals surface area contributed by atoms with E-state index in [1.165, 1.54) is 43.2 Å². The summed E-state index contributed by atoms with van der Waals surface area (Å²) in [4.78, 5) is 18.1. The minimum atomic E-state index is 0. The van der Waals surface area contributed by atoms with Crippen LogP contribution in [-0.4, -0.2) is 49.5 Å². The Kier molecular flexibility index (Phi) is 8.86. The fraction of sp³-hybridized carbons (Fsp3) is 0.619. The number of carbonyl (C=O) groups excluding carboxylic acids is 1. The predicted octanol–water partition coefficient (Wildman–Crippen LogP) is 3.12. The van der Waals surface area contributed by atoms with Gasteiger partial charge in [-0.1, -0.05) is 43.5 Å². The highest BCUT2D eigenvalue weighted by molar-refractivity contribution is 14.0. The van der Waals surface area contributed by atoms with Gasteiger partial charge in [0.05, 0.1) is 0 Å². The molecule has 3 rings (SSSR count). The first kappa shape index (κ1) is 22.0. The normalized spacial score (nSPS) is 20.2. The summed E-state index contributed by atoms with van der Waals surface area (Å²) in [6.07, 6.45) is 9.48. The van der Waals surface area contributed by atoms with E-state index in [0.29, 0.717) is 12.1 Å². The molecule has 1 unspecified atom stereocenters. The second-order valence-corrected chi connectivity index (χ2v) is 7.79. The number of aryl methyl sites for hydroxylation is 1. The van der Waals surface area contributed by atoms with Crippen molar-refractivity contribution in [3.8, 4) is 0 Å². The van der Waals surface area contributed by atoms with Gasteiger partial charge in [0.25, 0.3) is 0 Å². The molecule has 0 heterocycles. The molecule has 5 nitrogen and oxygen atoms in total. The highest BCUT2D eigenvalue weighted by Gasteiger charge is 2.21. The number of halogens is 1. The van der Waals surface area contributed by atoms with E-state index in [4.69, 9.17) is 0 Å². The van der Waals surface area contributed by atoms with Crippen LogP contribution < -0.4 is 10.6 Å². The maximum Gasteiger partial charge on any atom is 0.243 e. The van der Waals surface area contributed by atoms with Crippen molar-refractivity contribution < 1.29 is 4.79 Å². The third kappa shape index (κ3) is 6.66. The van der Waals surface area contributed by atoms with Gasteiger partial charge in [0, 0.05) is 26.2 Å². The molecule has 0 aliphatic heterocycles. The number of rotatable bonds is 4. The smallest absolute Gasteiger partial charge is 0.243 e. The lowest BCUT2D eigenvalue weighted by atomic mass is 9.88. The third-order valence-electron chi connectivity index (χ3n) is 5.50. The zero-order valence-electron chi connectivity index (χ0n) is 16.5. The van der Waals surface area contributed by atoms with E-state index in [9.17, 15) is 4.79 Å². The lowest BCUT2D eigenvalue weighted by Gasteiger charge is -2.30. The number of likely N-dealkylation sites (N-methyl/N-ethyl adjacent to an activating group) is 1. The number of nitrogens with zero attached hydrogens (tertiary/aromatic N) is 2. The Labute approximate surface area is 180 Å². The van der Waals surface area contributed by atoms with Crippen molar-refractivity contribution >= 4 is 35.8 Å². The van der Waals surface area contributed by atoms with Gasteiger partial charge in [-0.25, -0.2) is 4.99 Å². The number of hydrogen-bond donors (Lipinski definition) is 2. The van der Waals surface area contributed by atoms with Crippen molar-refractivity contribution in [1.29, 1.82) is 0 Å². The van der Waals surface area contributed by atoms with Crippen molar-refractivity contribution in [2.45, 2.75) is 63.5 Å². The van der Waals surface area contributed by atoms with Gasteiger partial charge >= 0.3 is 0 Å². The summed E-state index contributed by atoms with van der Waals surface area (Å²) in [7, 11) is 3.55. The first-order valence-electron chi connectivity index (χ1n) is 9.96. The quantitative estimate of drug-likeness (QED) is 0.393. The maximum atomic E-state index is 12.0. The number of carbonyl (C=O) groups is 1. The van der Waals surface area contributed by atoms with Crippen molar-refractivity contribution in [3.63, 3.8) is 0 Å². The van der Waals surface area contributed by atoms with Crippen molar-refractivity contribution in [3.05, 3.63) is 35.4 Å². The topological polar surface area (TPSA) is 56.7 Å². The van der Waals surface area contributed by atoms with Crippen LogP contribution >= 0.6 is 24.0 Å². The van der Waals surface area contributed by atoms with Gasteiger partial charge in [0.15, 0.2) is 5.96 Å². The average Bonchev–Trinajstić information content (AvgIpc) is 2.66. The number of aliphatic imine (C=N–C) groups is 1. The molecule has 150 valence electrons. The summed E-state index contributed by atoms with van der Waals surface area (Å²) in [5.74, 6) is 0.834. The van der Waals surface area contributed by atoms with Crippen molar-refractivity contribution in [2.24, 2.45) is 4.99 Å². The van der Waals surface area contributed by atoms with E-state index in [2.05, 4.69) is 39.9 Å². The summed E-state index contributed by atoms with van der Waals surface area (Å²) in [6.45, 7) is 0.193. The minimum Gasteiger partial charge on any atom is -0.354 e. The van der Waals surface area contributed by atoms with Crippen molar-refractivity contribution in [2.75, 3.05) is 20.6 Å². The summed E-state index contributed by atoms with van der Waals surface area (Å²) < 4.78 is 0. The van der Waals surface area contributed by atoms with E-state index in [-0.39, 0.29) is 36.4 Å². The lowest BCUT2D eigenvalue weighted by molar-refractivity contribution is -0.127. The van der Waals surface area contributed by atoms with Crippen LogP contribution in [0.4, 0.5) is 0 Å². The molecule has 0 radical (unpaired) electrons. The molecule has 2 N–H and O–H groups in total. The summed E-state index contributed by atoms with van der Waals surface area (Å²) in [5.41, 5.74) is 2.89. The van der Waals surface area contributed by atoms with E-state index in [1.54, 1.807) is 19.0 Å². The third-order valence-corrected chi connectivity index (χ3v) is 5.50. The molecule has 2 aliphatic carbocycles. The molecular formula is C21H33IN4O. The molecule has 1 aromatic carbocycles. The zero-order valence-corrected chi connectivity index (χ0v) is 18.9. The van der Waals surface area contributed by atoms with Gasteiger partial charge in [-0.05, 0) is 43.2 Å². The maximum absolute atomic E-state index is 12.0. The van der Waals surface area contributed by atoms with Crippen LogP contribution in [-0.2, 0) is 17.6 Å². The van der Waals surface area contributed by atoms with Gasteiger partial charge in [0.2, 0.25) is 5.91 Å². The molecule has 0 bridgehead atoms. The Hall–Kier alpha value is -1.31. The summed E-state index contributed by atoms with van der Waals surface area (Å²) in [5, 5.41) is 7.20. The molecule has 1 amide bonds. The van der Waals surface area contributed by atoms with Crippen LogP contribution in [0.25, 0.3) is 0 Å². The second kappa shape index (κ2) is 10.9. The lowest BCUT2D eigenvalue weighted by Crippen LogP contribution is -2.49. The van der Waals surface area contributed by atoms with E-state index < -0.39 is 0 Å². The Morgan fingerprint density at radius 3 is 2.41 bits per heavy atom. The first-order valence-corrected chi connectivity index (χ1v) is 9.96. The SMILES string of the molecule is CN(C)C(=O)CN=C(NC1CCCCC1)NC1CCc2ccccc2C1.I. The van der Waals surface area contributed by atoms with Gasteiger partial charge in [-0.3, -0.25) is 4.79 Å². The molecule has 1 aromatic rings. The zero-order chi connectivity index (χ0) is 18.4. The Morgan fingerprint density at radius 1 is 1.04 bits per heavy atom. The van der Waals surface area contributed by atoms with E-state index in [1.807, 2.05) is 0 Å². The largest absolute Gasteiger partial charge is 0.354 e. The highest BCUT2D eigenvalue weighted by Crippen LogP contribution is 2.21. The number of amides is 1. The number of fused-ring (bicyclic) bond motifs is 1. The number of nitrogens with one attached hydrogen (secondary N) is 2. The highest BCUT2D eigenvalue weighted by atomic mass is 127. The summed E-state index contributed by atoms with van der Waals surface area (Å²) in [6, 6.07) is 9.54. The van der Waals surface area contributed by atoms with Crippen LogP contribution in [0.3, 0.4) is 0 Å². The molecule has 1 atom stereocenters. The molecule has 0 saturated heterocycles. The Morgan fingerprint density at radius 2 is 1.70 bits per heavy atom. The fourth-order valence-electron chi connectivity index (χ4n) is 3.88. The number of hydrogen-bond acceptors (Lipinski definition) is 2. The fourth-order valence-corrected chi connectivity index (χ4v) is 3.88. The molecule has 27 heavy (non-hydrogen) atoms. The van der Waals surface area contributed by atoms with Crippen LogP contribution in [0.2, 0.25) is 0 Å². The molecule has 0 aromatic heterocycles. The monoisotopic (exact) mass is 484 g/mol. The number of guanidine groups is 1. The van der Waals surface area contributed by atoms with Gasteiger partial charge in [-0.15, -0.1) is 24.0 Å². The van der Waals surface area contributed by atoms with E-state index >= 15 is 0 Å². The van der Waals surface area contributed by atoms with Gasteiger partial charge in [0.1, 0.15) is 6.54 Å². The molecule has 0 spiro atoms. The van der Waals surface area contributed by atoms with Crippen LogP contribution in [0.15, 0.2) is 29.3 Å². The standard InChI is InChI=1S/C21H32N4O.HI/c1-25(2)20(26)15-22-21(23-18-10-4-3-5-11-18)24-19-13-12-16-8-6-7-9-17(16)14-19;/h6-9,18-19H,3-5,10-15H2,1-2H3,(H2,22,23,24);1H. The molecule has 1 saturated carbocycles. The van der Waals surface area contributed by atoms with E-state index in [0.717, 1.165) is 25.2 Å². The van der Waals surface area contributed by atoms with Gasteiger partial charge in [-0.2, -0.15) is 0 Å². The predicted molar refractivity (Wildman–Crippen MR) is 122 cm³/mol. The molecule has 2 aliphatic rings. The Balaban J connectivity index is 0.00000261. The summed E-state index contributed by atoms with van der Waals surface area (Å²) >= 11 is 0. The number of benzene rings is 1. The van der Waals surface area contributed by atoms with Crippen LogP contribution in [0.5, 0.6) is 0 Å². The van der Waals surface area contributed by atoms with Gasteiger partial charge < -0.3 is 15.5 Å². The average molecular weight is 484 g/mol. The minimum absolute atomic E-state index is 0. The van der Waals surface area contributed by atoms with Crippen LogP contribution in [0.1, 0.15) is 49.7 Å². The van der Waals surface area contributed by atoms with Crippen molar-refractivity contribution in [1.82, 2.24) is 15.5 Å².